The van der Waals surface area contributed by atoms with Crippen molar-refractivity contribution in [2.24, 2.45) is 0 Å². The zero-order chi connectivity index (χ0) is 10.2. The van der Waals surface area contributed by atoms with Gasteiger partial charge in [0.15, 0.2) is 0 Å². The summed E-state index contributed by atoms with van der Waals surface area (Å²) >= 11 is 1.40. The van der Waals surface area contributed by atoms with E-state index >= 15 is 0 Å². The predicted octanol–water partition coefficient (Wildman–Crippen LogP) is 2.02. The van der Waals surface area contributed by atoms with Gasteiger partial charge in [-0.05, 0) is 0 Å². The summed E-state index contributed by atoms with van der Waals surface area (Å²) in [7, 11) is 0. The molecule has 0 amide bonds. The van der Waals surface area contributed by atoms with Gasteiger partial charge in [-0.2, -0.15) is 4.37 Å². The third-order valence-electron chi connectivity index (χ3n) is 1.81. The fourth-order valence-electron chi connectivity index (χ4n) is 0.997. The summed E-state index contributed by atoms with van der Waals surface area (Å²) in [5.74, 6) is 0.881. The van der Waals surface area contributed by atoms with Crippen LogP contribution in [-0.2, 0) is 5.41 Å². The normalized spacial score (nSPS) is 11.9. The summed E-state index contributed by atoms with van der Waals surface area (Å²) < 4.78 is 6.19. The first kappa shape index (κ1) is 9.33. The molecule has 0 aliphatic heterocycles. The Labute approximate surface area is 86.8 Å². The third kappa shape index (κ3) is 1.68. The van der Waals surface area contributed by atoms with Crippen LogP contribution in [0.25, 0.3) is 5.13 Å². The molecule has 2 heterocycles. The maximum Gasteiger partial charge on any atom is 0.214 e. The Bertz CT molecular complexity index is 410. The lowest BCUT2D eigenvalue weighted by Gasteiger charge is -2.11. The van der Waals surface area contributed by atoms with Crippen molar-refractivity contribution in [2.75, 3.05) is 0 Å². The van der Waals surface area contributed by atoms with E-state index < -0.39 is 0 Å². The van der Waals surface area contributed by atoms with Crippen LogP contribution in [0.5, 0.6) is 0 Å². The molecule has 0 aromatic carbocycles. The van der Waals surface area contributed by atoms with E-state index in [0.29, 0.717) is 0 Å². The Hall–Kier alpha value is -1.23. The molecule has 0 fully saturated rings. The van der Waals surface area contributed by atoms with Crippen molar-refractivity contribution in [3.8, 4) is 5.13 Å². The van der Waals surface area contributed by atoms with Gasteiger partial charge in [-0.1, -0.05) is 20.8 Å². The van der Waals surface area contributed by atoms with Crippen LogP contribution in [0.2, 0.25) is 0 Å². The van der Waals surface area contributed by atoms with E-state index in [1.54, 1.807) is 12.5 Å². The Morgan fingerprint density at radius 2 is 2.14 bits per heavy atom. The fourth-order valence-corrected chi connectivity index (χ4v) is 1.81. The lowest BCUT2D eigenvalue weighted by atomic mass is 9.96. The lowest BCUT2D eigenvalue weighted by Crippen LogP contribution is -2.13. The van der Waals surface area contributed by atoms with Crippen molar-refractivity contribution in [2.45, 2.75) is 26.2 Å². The molecule has 0 saturated heterocycles. The molecule has 0 spiro atoms. The molecule has 0 unspecified atom stereocenters. The highest BCUT2D eigenvalue weighted by Gasteiger charge is 2.19. The van der Waals surface area contributed by atoms with E-state index in [9.17, 15) is 0 Å². The molecule has 0 aliphatic rings. The predicted molar refractivity (Wildman–Crippen MR) is 55.7 cm³/mol. The van der Waals surface area contributed by atoms with Gasteiger partial charge >= 0.3 is 0 Å². The summed E-state index contributed by atoms with van der Waals surface area (Å²) in [5, 5.41) is 0.868. The van der Waals surface area contributed by atoms with Crippen molar-refractivity contribution < 1.29 is 0 Å². The number of hydrogen-bond acceptors (Lipinski definition) is 4. The third-order valence-corrected chi connectivity index (χ3v) is 2.54. The minimum absolute atomic E-state index is 0.00926. The number of imidazole rings is 1. The SMILES string of the molecule is CC(C)(C)c1nsc(-n2ccnc2)n1. The summed E-state index contributed by atoms with van der Waals surface area (Å²) in [5.41, 5.74) is 0.00926. The molecule has 2 aromatic heterocycles. The van der Waals surface area contributed by atoms with Crippen LogP contribution in [0.1, 0.15) is 26.6 Å². The van der Waals surface area contributed by atoms with Crippen LogP contribution in [0.4, 0.5) is 0 Å². The molecule has 0 N–H and O–H groups in total. The maximum absolute atomic E-state index is 4.45. The fraction of sp³-hybridized carbons (Fsp3) is 0.444. The van der Waals surface area contributed by atoms with Gasteiger partial charge in [0.2, 0.25) is 5.13 Å². The molecule has 0 saturated carbocycles. The van der Waals surface area contributed by atoms with Gasteiger partial charge in [0, 0.05) is 29.3 Å². The minimum atomic E-state index is 0.00926. The van der Waals surface area contributed by atoms with E-state index in [-0.39, 0.29) is 5.41 Å². The van der Waals surface area contributed by atoms with Gasteiger partial charge in [0.1, 0.15) is 12.2 Å². The average molecular weight is 208 g/mol. The second-order valence-corrected chi connectivity index (χ2v) is 4.85. The van der Waals surface area contributed by atoms with Gasteiger partial charge in [-0.25, -0.2) is 9.97 Å². The summed E-state index contributed by atoms with van der Waals surface area (Å²) in [6, 6.07) is 0. The highest BCUT2D eigenvalue weighted by Crippen LogP contribution is 2.21. The number of rotatable bonds is 1. The molecule has 14 heavy (non-hydrogen) atoms. The molecule has 2 rings (SSSR count). The smallest absolute Gasteiger partial charge is 0.214 e. The standard InChI is InChI=1S/C9H12N4S/c1-9(2,3)7-11-8(14-12-7)13-5-4-10-6-13/h4-6H,1-3H3. The molecule has 0 radical (unpaired) electrons. The van der Waals surface area contributed by atoms with E-state index in [2.05, 4.69) is 35.1 Å². The van der Waals surface area contributed by atoms with Crippen LogP contribution < -0.4 is 0 Å². The highest BCUT2D eigenvalue weighted by molar-refractivity contribution is 7.08. The van der Waals surface area contributed by atoms with E-state index in [1.165, 1.54) is 11.5 Å². The monoisotopic (exact) mass is 208 g/mol. The van der Waals surface area contributed by atoms with Crippen LogP contribution in [0.15, 0.2) is 18.7 Å². The van der Waals surface area contributed by atoms with Crippen LogP contribution >= 0.6 is 11.5 Å². The van der Waals surface area contributed by atoms with Crippen molar-refractivity contribution in [1.82, 2.24) is 18.9 Å². The molecule has 0 bridgehead atoms. The average Bonchev–Trinajstić information content (AvgIpc) is 2.73. The zero-order valence-electron chi connectivity index (χ0n) is 8.43. The Morgan fingerprint density at radius 3 is 2.64 bits per heavy atom. The molecule has 0 aliphatic carbocycles. The van der Waals surface area contributed by atoms with Crippen molar-refractivity contribution in [3.05, 3.63) is 24.5 Å². The van der Waals surface area contributed by atoms with Gasteiger partial charge < -0.3 is 0 Å². The van der Waals surface area contributed by atoms with Gasteiger partial charge in [-0.3, -0.25) is 4.57 Å². The van der Waals surface area contributed by atoms with E-state index in [4.69, 9.17) is 0 Å². The minimum Gasteiger partial charge on any atom is -0.281 e. The van der Waals surface area contributed by atoms with Gasteiger partial charge in [-0.15, -0.1) is 0 Å². The second-order valence-electron chi connectivity index (χ2n) is 4.12. The lowest BCUT2D eigenvalue weighted by molar-refractivity contribution is 0.554. The molecular formula is C9H12N4S. The van der Waals surface area contributed by atoms with Crippen LogP contribution in [-0.4, -0.2) is 18.9 Å². The Balaban J connectivity index is 2.36. The summed E-state index contributed by atoms with van der Waals surface area (Å²) in [4.78, 5) is 8.43. The molecule has 0 atom stereocenters. The molecule has 74 valence electrons. The Kier molecular flexibility index (Phi) is 2.11. The largest absolute Gasteiger partial charge is 0.281 e. The van der Waals surface area contributed by atoms with Gasteiger partial charge in [0.25, 0.3) is 0 Å². The van der Waals surface area contributed by atoms with Crippen molar-refractivity contribution >= 4 is 11.5 Å². The quantitative estimate of drug-likeness (QED) is 0.720. The molecule has 4 nitrogen and oxygen atoms in total. The number of nitrogens with zero attached hydrogens (tertiary/aromatic N) is 4. The molecule has 2 aromatic rings. The van der Waals surface area contributed by atoms with E-state index in [1.807, 2.05) is 10.8 Å². The first-order chi connectivity index (χ1) is 6.57. The first-order valence-electron chi connectivity index (χ1n) is 4.40. The summed E-state index contributed by atoms with van der Waals surface area (Å²) in [6.45, 7) is 6.31. The zero-order valence-corrected chi connectivity index (χ0v) is 9.25. The number of hydrogen-bond donors (Lipinski definition) is 0. The van der Waals surface area contributed by atoms with Crippen molar-refractivity contribution in [1.29, 1.82) is 0 Å². The molecular weight excluding hydrogens is 196 g/mol. The summed E-state index contributed by atoms with van der Waals surface area (Å²) in [6.07, 6.45) is 5.33. The Morgan fingerprint density at radius 1 is 1.36 bits per heavy atom. The first-order valence-corrected chi connectivity index (χ1v) is 5.17. The van der Waals surface area contributed by atoms with Crippen LogP contribution in [0, 0.1) is 0 Å². The maximum atomic E-state index is 4.45. The molecule has 5 heteroatoms. The number of aromatic nitrogens is 4. The topological polar surface area (TPSA) is 43.6 Å². The van der Waals surface area contributed by atoms with Crippen molar-refractivity contribution in [3.63, 3.8) is 0 Å². The second kappa shape index (κ2) is 3.16. The van der Waals surface area contributed by atoms with Gasteiger partial charge in [0.05, 0.1) is 0 Å². The van der Waals surface area contributed by atoms with E-state index in [0.717, 1.165) is 11.0 Å². The highest BCUT2D eigenvalue weighted by atomic mass is 32.1. The van der Waals surface area contributed by atoms with Crippen LogP contribution in [0.3, 0.4) is 0 Å².